The number of methoxy groups -OCH3 is 1. The van der Waals surface area contributed by atoms with Crippen LogP contribution in [-0.4, -0.2) is 19.8 Å². The molecule has 0 rings (SSSR count). The summed E-state index contributed by atoms with van der Waals surface area (Å²) < 4.78 is 4.77. The van der Waals surface area contributed by atoms with Crippen LogP contribution in [0.15, 0.2) is 0 Å². The van der Waals surface area contributed by atoms with Gasteiger partial charge in [-0.15, -0.1) is 0 Å². The van der Waals surface area contributed by atoms with Crippen molar-refractivity contribution in [2.75, 3.05) is 13.7 Å². The average Bonchev–Trinajstić information content (AvgIpc) is 1.65. The van der Waals surface area contributed by atoms with E-state index in [4.69, 9.17) is 10.5 Å². The second-order valence-electron chi connectivity index (χ2n) is 1.28. The lowest BCUT2D eigenvalue weighted by Crippen LogP contribution is -3.00. The maximum absolute atomic E-state index is 5.16. The molecule has 2 N–H and O–H groups in total. The average molecular weight is 125 g/mol. The van der Waals surface area contributed by atoms with Crippen LogP contribution in [0.4, 0.5) is 0 Å². The Bertz CT molecular complexity index is 30.9. The Morgan fingerprint density at radius 1 is 1.71 bits per heavy atom. The molecular weight excluding hydrogens is 114 g/mol. The molecule has 0 aromatic rings. The van der Waals surface area contributed by atoms with Crippen molar-refractivity contribution < 1.29 is 17.1 Å². The maximum atomic E-state index is 5.16. The van der Waals surface area contributed by atoms with E-state index in [0.717, 1.165) is 0 Å². The molecule has 0 saturated carbocycles. The van der Waals surface area contributed by atoms with Crippen LogP contribution in [-0.2, 0) is 4.74 Å². The van der Waals surface area contributed by atoms with Gasteiger partial charge in [0.25, 0.3) is 0 Å². The van der Waals surface area contributed by atoms with Gasteiger partial charge < -0.3 is 22.9 Å². The Hall–Kier alpha value is 0.210. The number of rotatable bonds is 2. The molecule has 0 saturated heterocycles. The molecule has 0 aliphatic rings. The van der Waals surface area contributed by atoms with Gasteiger partial charge in [0.15, 0.2) is 0 Å². The summed E-state index contributed by atoms with van der Waals surface area (Å²) in [4.78, 5) is 0. The third kappa shape index (κ3) is 6.21. The van der Waals surface area contributed by atoms with Gasteiger partial charge in [-0.1, -0.05) is 0 Å². The van der Waals surface area contributed by atoms with Gasteiger partial charge >= 0.3 is 0 Å². The van der Waals surface area contributed by atoms with E-state index in [2.05, 4.69) is 0 Å². The van der Waals surface area contributed by atoms with Gasteiger partial charge in [-0.05, 0) is 6.92 Å². The Balaban J connectivity index is 0. The van der Waals surface area contributed by atoms with Crippen molar-refractivity contribution in [3.8, 4) is 0 Å². The van der Waals surface area contributed by atoms with Crippen LogP contribution in [0.1, 0.15) is 6.92 Å². The Kier molecular flexibility index (Phi) is 9.09. The fourth-order valence-electron chi connectivity index (χ4n) is 0.0962. The van der Waals surface area contributed by atoms with E-state index in [1.165, 1.54) is 0 Å². The third-order valence-electron chi connectivity index (χ3n) is 0.734. The summed E-state index contributed by atoms with van der Waals surface area (Å²) in [5.41, 5.74) is 5.16. The topological polar surface area (TPSA) is 35.2 Å². The van der Waals surface area contributed by atoms with Gasteiger partial charge in [0.2, 0.25) is 0 Å². The monoisotopic (exact) mass is 124 g/mol. The molecule has 0 aromatic heterocycles. The number of hydrogen-bond acceptors (Lipinski definition) is 2. The highest BCUT2D eigenvalue weighted by Gasteiger charge is 1.88. The van der Waals surface area contributed by atoms with Crippen LogP contribution in [0.2, 0.25) is 0 Å². The molecule has 0 aliphatic heterocycles. The summed E-state index contributed by atoms with van der Waals surface area (Å²) in [6.45, 7) is 2.54. The van der Waals surface area contributed by atoms with Crippen LogP contribution >= 0.6 is 0 Å². The summed E-state index contributed by atoms with van der Waals surface area (Å²) in [5.74, 6) is 0. The number of hydrogen-bond donors (Lipinski definition) is 1. The highest BCUT2D eigenvalue weighted by atomic mass is 35.5. The van der Waals surface area contributed by atoms with E-state index in [-0.39, 0.29) is 18.5 Å². The predicted molar refractivity (Wildman–Crippen MR) is 25.5 cm³/mol. The molecule has 0 heterocycles. The Labute approximate surface area is 50.4 Å². The van der Waals surface area contributed by atoms with Crippen molar-refractivity contribution in [1.29, 1.82) is 0 Å². The van der Waals surface area contributed by atoms with Gasteiger partial charge in [0.05, 0.1) is 6.10 Å². The normalized spacial score (nSPS) is 12.4. The molecule has 3 heteroatoms. The van der Waals surface area contributed by atoms with Gasteiger partial charge in [-0.3, -0.25) is 0 Å². The van der Waals surface area contributed by atoms with E-state index < -0.39 is 0 Å². The fraction of sp³-hybridized carbons (Fsp3) is 1.00. The molecule has 1 unspecified atom stereocenters. The Morgan fingerprint density at radius 2 is 2.14 bits per heavy atom. The highest BCUT2D eigenvalue weighted by Crippen LogP contribution is 1.78. The molecule has 0 amide bonds. The van der Waals surface area contributed by atoms with Crippen molar-refractivity contribution in [3.63, 3.8) is 0 Å². The van der Waals surface area contributed by atoms with Gasteiger partial charge in [0.1, 0.15) is 0 Å². The van der Waals surface area contributed by atoms with Crippen LogP contribution in [0.25, 0.3) is 0 Å². The smallest absolute Gasteiger partial charge is 0.0665 e. The first-order valence-corrected chi connectivity index (χ1v) is 2.04. The molecule has 0 radical (unpaired) electrons. The molecule has 46 valence electrons. The van der Waals surface area contributed by atoms with Gasteiger partial charge in [-0.2, -0.15) is 0 Å². The summed E-state index contributed by atoms with van der Waals surface area (Å²) >= 11 is 0. The van der Waals surface area contributed by atoms with Crippen molar-refractivity contribution in [2.24, 2.45) is 5.73 Å². The molecule has 0 aliphatic carbocycles. The van der Waals surface area contributed by atoms with E-state index in [1.54, 1.807) is 7.11 Å². The quantitative estimate of drug-likeness (QED) is 0.426. The molecule has 0 aromatic carbocycles. The highest BCUT2D eigenvalue weighted by molar-refractivity contribution is 4.43. The molecule has 2 nitrogen and oxygen atoms in total. The van der Waals surface area contributed by atoms with E-state index in [0.29, 0.717) is 6.54 Å². The van der Waals surface area contributed by atoms with Crippen molar-refractivity contribution in [1.82, 2.24) is 0 Å². The van der Waals surface area contributed by atoms with Crippen molar-refractivity contribution >= 4 is 0 Å². The summed E-state index contributed by atoms with van der Waals surface area (Å²) in [5, 5.41) is 0. The molecular formula is C4H11ClNO-. The van der Waals surface area contributed by atoms with Crippen LogP contribution in [0.5, 0.6) is 0 Å². The zero-order valence-electron chi connectivity index (χ0n) is 4.65. The number of halogens is 1. The van der Waals surface area contributed by atoms with E-state index >= 15 is 0 Å². The first kappa shape index (κ1) is 10.2. The number of nitrogens with two attached hydrogens (primary N) is 1. The van der Waals surface area contributed by atoms with E-state index in [1.807, 2.05) is 6.92 Å². The minimum absolute atomic E-state index is 0. The second-order valence-corrected chi connectivity index (χ2v) is 1.28. The summed E-state index contributed by atoms with van der Waals surface area (Å²) in [6.07, 6.45) is 0.213. The van der Waals surface area contributed by atoms with Gasteiger partial charge in [-0.25, -0.2) is 0 Å². The minimum Gasteiger partial charge on any atom is -1.00 e. The third-order valence-corrected chi connectivity index (χ3v) is 0.734. The van der Waals surface area contributed by atoms with Gasteiger partial charge in [0, 0.05) is 13.7 Å². The minimum atomic E-state index is 0. The van der Waals surface area contributed by atoms with Crippen LogP contribution < -0.4 is 18.1 Å². The first-order valence-electron chi connectivity index (χ1n) is 2.04. The van der Waals surface area contributed by atoms with Crippen LogP contribution in [0.3, 0.4) is 0 Å². The zero-order valence-corrected chi connectivity index (χ0v) is 5.40. The summed E-state index contributed by atoms with van der Waals surface area (Å²) in [7, 11) is 1.65. The van der Waals surface area contributed by atoms with Crippen LogP contribution in [0, 0.1) is 0 Å². The lowest BCUT2D eigenvalue weighted by atomic mass is 10.4. The first-order chi connectivity index (χ1) is 2.81. The maximum Gasteiger partial charge on any atom is 0.0665 e. The fourth-order valence-corrected chi connectivity index (χ4v) is 0.0962. The lowest BCUT2D eigenvalue weighted by Gasteiger charge is -2.01. The molecule has 0 bridgehead atoms. The standard InChI is InChI=1S/C4H11NO.ClH/c1-4(3-5)6-2;/h4H,3,5H2,1-2H3;1H/p-1. The van der Waals surface area contributed by atoms with Crippen molar-refractivity contribution in [2.45, 2.75) is 13.0 Å². The zero-order chi connectivity index (χ0) is 4.99. The van der Waals surface area contributed by atoms with E-state index in [9.17, 15) is 0 Å². The summed E-state index contributed by atoms with van der Waals surface area (Å²) in [6, 6.07) is 0. The Morgan fingerprint density at radius 3 is 2.14 bits per heavy atom. The predicted octanol–water partition coefficient (Wildman–Crippen LogP) is -3.02. The SMILES string of the molecule is COC(C)CN.[Cl-]. The molecule has 0 spiro atoms. The molecule has 1 atom stereocenters. The number of ether oxygens (including phenoxy) is 1. The largest absolute Gasteiger partial charge is 1.00 e. The molecule has 7 heavy (non-hydrogen) atoms. The van der Waals surface area contributed by atoms with Crippen molar-refractivity contribution in [3.05, 3.63) is 0 Å². The second kappa shape index (κ2) is 6.21. The molecule has 0 fully saturated rings. The lowest BCUT2D eigenvalue weighted by molar-refractivity contribution is -0.00000243.